The van der Waals surface area contributed by atoms with Gasteiger partial charge in [-0.1, -0.05) is 0 Å². The molecule has 0 rings (SSSR count). The van der Waals surface area contributed by atoms with Gasteiger partial charge in [0.25, 0.3) is 0 Å². The molecule has 0 unspecified atom stereocenters. The first-order valence-electron chi connectivity index (χ1n) is 0.651. The molecule has 0 saturated heterocycles. The first kappa shape index (κ1) is 22.5. The number of hydrogen-bond acceptors (Lipinski definition) is 1. The quantitative estimate of drug-likeness (QED) is 0.574. The van der Waals surface area contributed by atoms with Crippen LogP contribution in [0.3, 0.4) is 0 Å². The van der Waals surface area contributed by atoms with Crippen molar-refractivity contribution in [2.24, 2.45) is 0 Å². The van der Waals surface area contributed by atoms with Crippen molar-refractivity contribution in [2.75, 3.05) is 0 Å². The second kappa shape index (κ2) is 16.0. The fraction of sp³-hybridized carbons (Fsp3) is 0. The monoisotopic (exact) mass is 433 g/mol. The third kappa shape index (κ3) is 50.5. The molecule has 0 fully saturated rings. The Bertz CT molecular complexity index is 37.9. The number of carboxylic acid groups (broad SMARTS) is 2. The van der Waals surface area contributed by atoms with Gasteiger partial charge in [-0.3, -0.25) is 0 Å². The fourth-order valence-electron chi connectivity index (χ4n) is 0. The number of rotatable bonds is 0. The van der Waals surface area contributed by atoms with E-state index < -0.39 is 6.16 Å². The van der Waals surface area contributed by atoms with Crippen LogP contribution in [0.1, 0.15) is 0 Å². The molecule has 0 bridgehead atoms. The molecular weight excluding hydrogens is 432 g/mol. The van der Waals surface area contributed by atoms with Gasteiger partial charge in [-0.25, -0.2) is 4.79 Å². The summed E-state index contributed by atoms with van der Waals surface area (Å²) in [6, 6.07) is 0. The molecule has 0 atom stereocenters. The zero-order valence-electron chi connectivity index (χ0n) is 3.38. The minimum Gasteiger partial charge on any atom is -0.450 e. The number of carbonyl (C=O) groups is 1. The van der Waals surface area contributed by atoms with Crippen LogP contribution in [0.25, 0.3) is 0 Å². The molecule has 0 aliphatic heterocycles. The molecule has 0 spiro atoms. The van der Waals surface area contributed by atoms with E-state index in [-0.39, 0.29) is 109 Å². The van der Waals surface area contributed by atoms with Gasteiger partial charge < -0.3 is 10.2 Å². The molecule has 7 heavy (non-hydrogen) atoms. The molecule has 1 radical (unpaired) electrons. The summed E-state index contributed by atoms with van der Waals surface area (Å²) in [5.74, 6) is 0. The van der Waals surface area contributed by atoms with Gasteiger partial charge in [0.15, 0.2) is 0 Å². The standard InChI is InChI=1S/CH2O3.Ce.Pr.Zr/c2-1(3)4;;;/h(H2,2,3,4);;;. The smallest absolute Gasteiger partial charge is 0.450 e. The van der Waals surface area contributed by atoms with Gasteiger partial charge in [-0.15, -0.1) is 0 Å². The van der Waals surface area contributed by atoms with E-state index in [1.807, 2.05) is 0 Å². The van der Waals surface area contributed by atoms with Gasteiger partial charge in [0.2, 0.25) is 0 Å². The predicted molar refractivity (Wildman–Crippen MR) is 10.7 cm³/mol. The molecule has 35 valence electrons. The average molecular weight is 434 g/mol. The van der Waals surface area contributed by atoms with Crippen LogP contribution < -0.4 is 0 Å². The van der Waals surface area contributed by atoms with Gasteiger partial charge in [-0.2, -0.15) is 0 Å². The molecule has 0 aromatic heterocycles. The number of hydrogen-bond donors (Lipinski definition) is 2. The largest absolute Gasteiger partial charge is 0.503 e. The van der Waals surface area contributed by atoms with Crippen LogP contribution in [0.2, 0.25) is 0 Å². The minimum absolute atomic E-state index is 0. The molecule has 0 aromatic carbocycles. The topological polar surface area (TPSA) is 57.5 Å². The van der Waals surface area contributed by atoms with E-state index in [1.54, 1.807) is 0 Å². The van der Waals surface area contributed by atoms with Crippen LogP contribution in [0, 0.1) is 83.0 Å². The Labute approximate surface area is 127 Å². The summed E-state index contributed by atoms with van der Waals surface area (Å²) in [6.45, 7) is 0. The molecule has 2 N–H and O–H groups in total. The van der Waals surface area contributed by atoms with Gasteiger partial charge >= 0.3 is 6.16 Å². The van der Waals surface area contributed by atoms with Crippen molar-refractivity contribution < 1.29 is 124 Å². The van der Waals surface area contributed by atoms with Crippen LogP contribution in [-0.2, 0) is 26.2 Å². The van der Waals surface area contributed by atoms with Gasteiger partial charge in [-0.05, 0) is 0 Å². The van der Waals surface area contributed by atoms with Crippen molar-refractivity contribution in [3.63, 3.8) is 0 Å². The fourth-order valence-corrected chi connectivity index (χ4v) is 0. The summed E-state index contributed by atoms with van der Waals surface area (Å²) in [6.07, 6.45) is -1.83. The normalized spacial score (nSPS) is 3.43. The van der Waals surface area contributed by atoms with E-state index in [2.05, 4.69) is 0 Å². The molecule has 0 amide bonds. The summed E-state index contributed by atoms with van der Waals surface area (Å²) in [5, 5.41) is 13.9. The van der Waals surface area contributed by atoms with Crippen LogP contribution in [0.4, 0.5) is 4.79 Å². The van der Waals surface area contributed by atoms with E-state index >= 15 is 0 Å². The Morgan fingerprint density at radius 1 is 1.29 bits per heavy atom. The predicted octanol–water partition coefficient (Wildman–Crippen LogP) is 0.220. The van der Waals surface area contributed by atoms with Gasteiger partial charge in [0.05, 0.1) is 0 Å². The average Bonchev–Trinajstić information content (AvgIpc) is 0.811. The van der Waals surface area contributed by atoms with E-state index in [9.17, 15) is 0 Å². The van der Waals surface area contributed by atoms with Crippen LogP contribution in [0.15, 0.2) is 0 Å². The van der Waals surface area contributed by atoms with Gasteiger partial charge in [0.1, 0.15) is 0 Å². The summed E-state index contributed by atoms with van der Waals surface area (Å²) in [7, 11) is 0. The summed E-state index contributed by atoms with van der Waals surface area (Å²) in [5.41, 5.74) is 0. The van der Waals surface area contributed by atoms with Crippen molar-refractivity contribution in [2.45, 2.75) is 0 Å². The molecule has 0 heterocycles. The SMILES string of the molecule is O=C(O)O.[Ce].[Pr].[Zr]. The van der Waals surface area contributed by atoms with Gasteiger partial charge in [0, 0.05) is 109 Å². The molecule has 6 heteroatoms. The maximum absolute atomic E-state index is 8.56. The second-order valence-corrected chi connectivity index (χ2v) is 0.283. The first-order chi connectivity index (χ1) is 1.73. The first-order valence-corrected chi connectivity index (χ1v) is 0.651. The molecule has 0 aromatic rings. The molecule has 3 nitrogen and oxygen atoms in total. The van der Waals surface area contributed by atoms with Crippen molar-refractivity contribution in [3.8, 4) is 0 Å². The Balaban J connectivity index is -0.0000000150. The van der Waals surface area contributed by atoms with E-state index in [0.717, 1.165) is 0 Å². The summed E-state index contributed by atoms with van der Waals surface area (Å²) < 4.78 is 0. The van der Waals surface area contributed by atoms with Crippen molar-refractivity contribution in [3.05, 3.63) is 0 Å². The minimum atomic E-state index is -1.83. The Morgan fingerprint density at radius 3 is 1.29 bits per heavy atom. The van der Waals surface area contributed by atoms with Crippen LogP contribution in [-0.4, -0.2) is 16.4 Å². The zero-order valence-corrected chi connectivity index (χ0v) is 12.7. The Morgan fingerprint density at radius 2 is 1.29 bits per heavy atom. The van der Waals surface area contributed by atoms with Crippen molar-refractivity contribution in [1.82, 2.24) is 0 Å². The van der Waals surface area contributed by atoms with E-state index in [1.165, 1.54) is 0 Å². The van der Waals surface area contributed by atoms with Crippen LogP contribution >= 0.6 is 0 Å². The maximum atomic E-state index is 8.56. The molecule has 0 aliphatic rings. The van der Waals surface area contributed by atoms with E-state index in [4.69, 9.17) is 15.0 Å². The van der Waals surface area contributed by atoms with Crippen molar-refractivity contribution >= 4 is 6.16 Å². The second-order valence-electron chi connectivity index (χ2n) is 0.283. The third-order valence-corrected chi connectivity index (χ3v) is 0. The molecule has 0 saturated carbocycles. The van der Waals surface area contributed by atoms with Crippen molar-refractivity contribution in [1.29, 1.82) is 0 Å². The summed E-state index contributed by atoms with van der Waals surface area (Å²) in [4.78, 5) is 8.56. The molecule has 0 aliphatic carbocycles. The Hall–Kier alpha value is 2.89. The zero-order chi connectivity index (χ0) is 3.58. The maximum Gasteiger partial charge on any atom is 0.503 e. The third-order valence-electron chi connectivity index (χ3n) is 0. The molecular formula is CH2CeO3PrZr. The Kier molecular flexibility index (Phi) is 51.3. The van der Waals surface area contributed by atoms with E-state index in [0.29, 0.717) is 0 Å². The summed E-state index contributed by atoms with van der Waals surface area (Å²) >= 11 is 0. The van der Waals surface area contributed by atoms with Crippen LogP contribution in [0.5, 0.6) is 0 Å².